The Morgan fingerprint density at radius 2 is 1.90 bits per heavy atom. The molecule has 1 aromatic carbocycles. The molecule has 156 valence electrons. The van der Waals surface area contributed by atoms with Crippen LogP contribution in [0.3, 0.4) is 0 Å². The molecule has 1 aromatic heterocycles. The average Bonchev–Trinajstić information content (AvgIpc) is 3.04. The van der Waals surface area contributed by atoms with Crippen LogP contribution in [0.1, 0.15) is 27.7 Å². The van der Waals surface area contributed by atoms with Gasteiger partial charge in [0.25, 0.3) is 0 Å². The molecule has 0 aliphatic carbocycles. The lowest BCUT2D eigenvalue weighted by Gasteiger charge is -2.36. The summed E-state index contributed by atoms with van der Waals surface area (Å²) < 4.78 is 5.08. The number of hydrogen-bond acceptors (Lipinski definition) is 6. The van der Waals surface area contributed by atoms with Crippen molar-refractivity contribution in [1.82, 2.24) is 4.90 Å². The highest BCUT2D eigenvalue weighted by atomic mass is 35.5. The Hall–Kier alpha value is -2.09. The van der Waals surface area contributed by atoms with Gasteiger partial charge in [-0.3, -0.25) is 9.69 Å². The number of aryl methyl sites for hydroxylation is 2. The molecule has 0 saturated carbocycles. The number of halogens is 1. The van der Waals surface area contributed by atoms with Gasteiger partial charge in [-0.15, -0.1) is 11.3 Å². The first kappa shape index (κ1) is 21.6. The summed E-state index contributed by atoms with van der Waals surface area (Å²) in [7, 11) is 0. The van der Waals surface area contributed by atoms with Gasteiger partial charge in [-0.25, -0.2) is 4.79 Å². The van der Waals surface area contributed by atoms with Crippen molar-refractivity contribution in [3.05, 3.63) is 45.3 Å². The highest BCUT2D eigenvalue weighted by Crippen LogP contribution is 2.28. The maximum absolute atomic E-state index is 12.5. The van der Waals surface area contributed by atoms with Crippen molar-refractivity contribution in [2.24, 2.45) is 0 Å². The second-order valence-corrected chi connectivity index (χ2v) is 8.76. The molecule has 3 rings (SSSR count). The van der Waals surface area contributed by atoms with E-state index >= 15 is 0 Å². The van der Waals surface area contributed by atoms with Crippen molar-refractivity contribution in [3.8, 4) is 0 Å². The van der Waals surface area contributed by atoms with Crippen molar-refractivity contribution in [3.63, 3.8) is 0 Å². The van der Waals surface area contributed by atoms with Gasteiger partial charge in [0.05, 0.1) is 18.7 Å². The number of ether oxygens (including phenoxy) is 1. The number of hydrogen-bond donors (Lipinski definition) is 1. The van der Waals surface area contributed by atoms with Crippen LogP contribution in [0.15, 0.2) is 24.3 Å². The van der Waals surface area contributed by atoms with Gasteiger partial charge in [-0.2, -0.15) is 0 Å². The van der Waals surface area contributed by atoms with E-state index in [2.05, 4.69) is 22.0 Å². The van der Waals surface area contributed by atoms with Crippen molar-refractivity contribution < 1.29 is 14.3 Å². The summed E-state index contributed by atoms with van der Waals surface area (Å²) in [5.41, 5.74) is 2.76. The molecule has 29 heavy (non-hydrogen) atoms. The van der Waals surface area contributed by atoms with Crippen LogP contribution in [-0.2, 0) is 9.53 Å². The quantitative estimate of drug-likeness (QED) is 0.696. The molecule has 1 aliphatic heterocycles. The van der Waals surface area contributed by atoms with Crippen LogP contribution in [0.5, 0.6) is 0 Å². The summed E-state index contributed by atoms with van der Waals surface area (Å²) in [6.45, 7) is 9.58. The number of esters is 1. The molecule has 0 radical (unpaired) electrons. The summed E-state index contributed by atoms with van der Waals surface area (Å²) >= 11 is 7.53. The second kappa shape index (κ2) is 9.61. The lowest BCUT2D eigenvalue weighted by atomic mass is 10.1. The first-order chi connectivity index (χ1) is 13.9. The zero-order chi connectivity index (χ0) is 21.0. The third kappa shape index (κ3) is 5.50. The zero-order valence-corrected chi connectivity index (χ0v) is 18.5. The first-order valence-electron chi connectivity index (χ1n) is 9.68. The van der Waals surface area contributed by atoms with Gasteiger partial charge in [-0.1, -0.05) is 17.7 Å². The minimum Gasteiger partial charge on any atom is -0.462 e. The Morgan fingerprint density at radius 1 is 1.17 bits per heavy atom. The second-order valence-electron chi connectivity index (χ2n) is 7.06. The average molecular weight is 436 g/mol. The molecule has 6 nitrogen and oxygen atoms in total. The summed E-state index contributed by atoms with van der Waals surface area (Å²) in [5.74, 6) is -0.526. The van der Waals surface area contributed by atoms with Crippen molar-refractivity contribution in [2.45, 2.75) is 20.8 Å². The lowest BCUT2D eigenvalue weighted by Crippen LogP contribution is -2.48. The van der Waals surface area contributed by atoms with E-state index in [1.165, 1.54) is 16.9 Å². The third-order valence-electron chi connectivity index (χ3n) is 4.85. The van der Waals surface area contributed by atoms with E-state index in [0.29, 0.717) is 23.7 Å². The Bertz CT molecular complexity index is 891. The van der Waals surface area contributed by atoms with E-state index in [0.717, 1.165) is 41.8 Å². The Labute approximate surface area is 180 Å². The normalized spacial score (nSPS) is 14.7. The van der Waals surface area contributed by atoms with Gasteiger partial charge in [0, 0.05) is 41.8 Å². The molecule has 1 saturated heterocycles. The standard InChI is InChI=1S/C21H26ClN3O3S/c1-4-28-21(27)17-11-15(3)29-20(17)23-19(26)13-24-7-9-25(10-8-24)18-12-16(22)6-5-14(18)2/h5-6,11-12H,4,7-10,13H2,1-3H3,(H,23,26). The number of carbonyl (C=O) groups excluding carboxylic acids is 2. The van der Waals surface area contributed by atoms with Crippen LogP contribution in [0, 0.1) is 13.8 Å². The molecule has 2 aromatic rings. The number of anilines is 2. The molecule has 2 heterocycles. The van der Waals surface area contributed by atoms with Crippen molar-refractivity contribution >= 4 is 45.5 Å². The minimum atomic E-state index is -0.405. The van der Waals surface area contributed by atoms with Gasteiger partial charge >= 0.3 is 5.97 Å². The lowest BCUT2D eigenvalue weighted by molar-refractivity contribution is -0.117. The summed E-state index contributed by atoms with van der Waals surface area (Å²) in [5, 5.41) is 4.17. The number of thiophene rings is 1. The number of carbonyl (C=O) groups is 2. The minimum absolute atomic E-state index is 0.121. The maximum Gasteiger partial charge on any atom is 0.341 e. The van der Waals surface area contributed by atoms with Crippen molar-refractivity contribution in [1.29, 1.82) is 0 Å². The van der Waals surface area contributed by atoms with E-state index in [1.807, 2.05) is 25.1 Å². The SMILES string of the molecule is CCOC(=O)c1cc(C)sc1NC(=O)CN1CCN(c2cc(Cl)ccc2C)CC1. The van der Waals surface area contributed by atoms with E-state index < -0.39 is 5.97 Å². The number of rotatable bonds is 6. The molecule has 0 atom stereocenters. The molecule has 0 unspecified atom stereocenters. The molecular weight excluding hydrogens is 410 g/mol. The van der Waals surface area contributed by atoms with E-state index in [1.54, 1.807) is 13.0 Å². The predicted molar refractivity (Wildman–Crippen MR) is 118 cm³/mol. The summed E-state index contributed by atoms with van der Waals surface area (Å²) in [6.07, 6.45) is 0. The molecular formula is C21H26ClN3O3S. The van der Waals surface area contributed by atoms with Gasteiger partial charge in [-0.05, 0) is 44.5 Å². The number of piperazine rings is 1. The maximum atomic E-state index is 12.5. The fourth-order valence-electron chi connectivity index (χ4n) is 3.41. The fraction of sp³-hybridized carbons (Fsp3) is 0.429. The molecule has 0 bridgehead atoms. The Morgan fingerprint density at radius 3 is 2.59 bits per heavy atom. The fourth-order valence-corrected chi connectivity index (χ4v) is 4.49. The van der Waals surface area contributed by atoms with Gasteiger partial charge in [0.1, 0.15) is 5.00 Å². The molecule has 1 aliphatic rings. The zero-order valence-electron chi connectivity index (χ0n) is 17.0. The highest BCUT2D eigenvalue weighted by molar-refractivity contribution is 7.16. The van der Waals surface area contributed by atoms with Crippen LogP contribution in [-0.4, -0.2) is 56.1 Å². The van der Waals surface area contributed by atoms with Crippen LogP contribution in [0.25, 0.3) is 0 Å². The molecule has 1 fully saturated rings. The van der Waals surface area contributed by atoms with Crippen LogP contribution < -0.4 is 10.2 Å². The molecule has 1 N–H and O–H groups in total. The Balaban J connectivity index is 1.55. The third-order valence-corrected chi connectivity index (χ3v) is 6.06. The van der Waals surface area contributed by atoms with E-state index in [-0.39, 0.29) is 5.91 Å². The summed E-state index contributed by atoms with van der Waals surface area (Å²) in [6, 6.07) is 7.68. The monoisotopic (exact) mass is 435 g/mol. The van der Waals surface area contributed by atoms with E-state index in [9.17, 15) is 9.59 Å². The number of amides is 1. The topological polar surface area (TPSA) is 61.9 Å². The smallest absolute Gasteiger partial charge is 0.341 e. The van der Waals surface area contributed by atoms with Gasteiger partial charge in [0.2, 0.25) is 5.91 Å². The highest BCUT2D eigenvalue weighted by Gasteiger charge is 2.22. The van der Waals surface area contributed by atoms with Gasteiger partial charge in [0.15, 0.2) is 0 Å². The molecule has 1 amide bonds. The largest absolute Gasteiger partial charge is 0.462 e. The first-order valence-corrected chi connectivity index (χ1v) is 10.9. The Kier molecular flexibility index (Phi) is 7.16. The number of benzene rings is 1. The van der Waals surface area contributed by atoms with Crippen molar-refractivity contribution in [2.75, 3.05) is 49.5 Å². The number of nitrogens with one attached hydrogen (secondary N) is 1. The molecule has 8 heteroatoms. The predicted octanol–water partition coefficient (Wildman–Crippen LogP) is 3.96. The number of nitrogens with zero attached hydrogens (tertiary/aromatic N) is 2. The van der Waals surface area contributed by atoms with Crippen LogP contribution in [0.4, 0.5) is 10.7 Å². The van der Waals surface area contributed by atoms with Crippen LogP contribution in [0.2, 0.25) is 5.02 Å². The van der Waals surface area contributed by atoms with Crippen LogP contribution >= 0.6 is 22.9 Å². The van der Waals surface area contributed by atoms with E-state index in [4.69, 9.17) is 16.3 Å². The van der Waals surface area contributed by atoms with Gasteiger partial charge < -0.3 is 15.0 Å². The summed E-state index contributed by atoms with van der Waals surface area (Å²) in [4.78, 5) is 30.0. The molecule has 0 spiro atoms.